The van der Waals surface area contributed by atoms with Crippen LogP contribution in [0.5, 0.6) is 0 Å². The van der Waals surface area contributed by atoms with Gasteiger partial charge in [0.05, 0.1) is 18.2 Å². The Morgan fingerprint density at radius 1 is 1.36 bits per heavy atom. The Kier molecular flexibility index (Phi) is 4.54. The highest BCUT2D eigenvalue weighted by Gasteiger charge is 2.21. The first kappa shape index (κ1) is 17.1. The van der Waals surface area contributed by atoms with Crippen LogP contribution >= 0.6 is 11.3 Å². The van der Waals surface area contributed by atoms with Crippen LogP contribution in [0.4, 0.5) is 10.8 Å². The van der Waals surface area contributed by atoms with Crippen LogP contribution in [0, 0.1) is 6.92 Å². The summed E-state index contributed by atoms with van der Waals surface area (Å²) >= 11 is 1.07. The van der Waals surface area contributed by atoms with Gasteiger partial charge in [-0.05, 0) is 44.5 Å². The number of ether oxygens (including phenoxy) is 1. The van der Waals surface area contributed by atoms with Gasteiger partial charge in [-0.25, -0.2) is 9.78 Å². The Morgan fingerprint density at radius 2 is 2.12 bits per heavy atom. The molecule has 2 amide bonds. The third-order valence-electron chi connectivity index (χ3n) is 3.54. The molecule has 0 bridgehead atoms. The van der Waals surface area contributed by atoms with Crippen LogP contribution in [0.2, 0.25) is 0 Å². The van der Waals surface area contributed by atoms with Gasteiger partial charge in [0.25, 0.3) is 5.91 Å². The van der Waals surface area contributed by atoms with E-state index in [1.54, 1.807) is 39.0 Å². The van der Waals surface area contributed by atoms with Crippen LogP contribution < -0.4 is 10.6 Å². The molecule has 1 aromatic heterocycles. The van der Waals surface area contributed by atoms with Crippen molar-refractivity contribution in [2.75, 3.05) is 10.6 Å². The zero-order valence-corrected chi connectivity index (χ0v) is 14.8. The van der Waals surface area contributed by atoms with Crippen LogP contribution in [0.25, 0.3) is 0 Å². The molecule has 1 aliphatic heterocycles. The van der Waals surface area contributed by atoms with E-state index in [9.17, 15) is 14.4 Å². The fourth-order valence-electron chi connectivity index (χ4n) is 2.45. The normalized spacial score (nSPS) is 12.7. The third kappa shape index (κ3) is 3.69. The molecule has 1 aliphatic rings. The van der Waals surface area contributed by atoms with Gasteiger partial charge in [-0.2, -0.15) is 0 Å². The average Bonchev–Trinajstić information content (AvgIpc) is 3.07. The molecule has 0 spiro atoms. The van der Waals surface area contributed by atoms with E-state index in [1.165, 1.54) is 0 Å². The monoisotopic (exact) mass is 359 g/mol. The number of rotatable bonds is 4. The molecule has 7 nitrogen and oxygen atoms in total. The third-order valence-corrected chi connectivity index (χ3v) is 4.59. The predicted octanol–water partition coefficient (Wildman–Crippen LogP) is 2.76. The highest BCUT2D eigenvalue weighted by Crippen LogP contribution is 2.26. The molecule has 0 radical (unpaired) electrons. The number of carbonyl (C=O) groups excluding carboxylic acids is 3. The summed E-state index contributed by atoms with van der Waals surface area (Å²) in [5.41, 5.74) is 2.45. The Bertz CT molecular complexity index is 873. The fraction of sp³-hybridized carbons (Fsp3) is 0.294. The largest absolute Gasteiger partial charge is 0.459 e. The molecule has 0 saturated carbocycles. The summed E-state index contributed by atoms with van der Waals surface area (Å²) < 4.78 is 5.16. The van der Waals surface area contributed by atoms with Gasteiger partial charge in [0.1, 0.15) is 4.88 Å². The van der Waals surface area contributed by atoms with E-state index in [2.05, 4.69) is 15.6 Å². The van der Waals surface area contributed by atoms with Crippen LogP contribution in [0.15, 0.2) is 18.2 Å². The minimum Gasteiger partial charge on any atom is -0.459 e. The topological polar surface area (TPSA) is 97.4 Å². The van der Waals surface area contributed by atoms with Gasteiger partial charge in [0.15, 0.2) is 5.13 Å². The fourth-order valence-corrected chi connectivity index (χ4v) is 3.29. The SMILES string of the molecule is Cc1nc(NC(=O)c2ccc3c(c2)CC(=O)N3)sc1C(=O)OC(C)C. The maximum atomic E-state index is 12.4. The van der Waals surface area contributed by atoms with E-state index in [-0.39, 0.29) is 24.3 Å². The quantitative estimate of drug-likeness (QED) is 0.818. The lowest BCUT2D eigenvalue weighted by atomic mass is 10.1. The molecule has 0 atom stereocenters. The van der Waals surface area contributed by atoms with Gasteiger partial charge in [-0.1, -0.05) is 11.3 Å². The first-order chi connectivity index (χ1) is 11.8. The van der Waals surface area contributed by atoms with Crippen LogP contribution in [-0.4, -0.2) is 28.9 Å². The van der Waals surface area contributed by atoms with Crippen molar-refractivity contribution in [3.63, 3.8) is 0 Å². The molecule has 0 unspecified atom stereocenters. The van der Waals surface area contributed by atoms with Crippen molar-refractivity contribution in [1.29, 1.82) is 0 Å². The van der Waals surface area contributed by atoms with E-state index in [4.69, 9.17) is 4.74 Å². The van der Waals surface area contributed by atoms with Crippen molar-refractivity contribution < 1.29 is 19.1 Å². The summed E-state index contributed by atoms with van der Waals surface area (Å²) in [6.45, 7) is 5.23. The number of aromatic nitrogens is 1. The molecule has 130 valence electrons. The molecule has 2 aromatic rings. The molecular formula is C17H17N3O4S. The smallest absolute Gasteiger partial charge is 0.350 e. The number of nitrogens with one attached hydrogen (secondary N) is 2. The van der Waals surface area contributed by atoms with Crippen molar-refractivity contribution >= 4 is 39.9 Å². The lowest BCUT2D eigenvalue weighted by Crippen LogP contribution is -2.12. The lowest BCUT2D eigenvalue weighted by molar-refractivity contribution is -0.115. The molecular weight excluding hydrogens is 342 g/mol. The number of amides is 2. The molecule has 3 rings (SSSR count). The zero-order valence-electron chi connectivity index (χ0n) is 14.0. The highest BCUT2D eigenvalue weighted by atomic mass is 32.1. The van der Waals surface area contributed by atoms with Gasteiger partial charge >= 0.3 is 5.97 Å². The second kappa shape index (κ2) is 6.64. The molecule has 25 heavy (non-hydrogen) atoms. The second-order valence-corrected chi connectivity index (χ2v) is 6.94. The number of thiazole rings is 1. The first-order valence-electron chi connectivity index (χ1n) is 7.76. The van der Waals surface area contributed by atoms with Crippen molar-refractivity contribution in [3.05, 3.63) is 39.9 Å². The first-order valence-corrected chi connectivity index (χ1v) is 8.57. The Morgan fingerprint density at radius 3 is 2.84 bits per heavy atom. The minimum absolute atomic E-state index is 0.0867. The Balaban J connectivity index is 1.75. The van der Waals surface area contributed by atoms with E-state index >= 15 is 0 Å². The lowest BCUT2D eigenvalue weighted by Gasteiger charge is -2.06. The number of hydrogen-bond donors (Lipinski definition) is 2. The molecule has 0 saturated heterocycles. The summed E-state index contributed by atoms with van der Waals surface area (Å²) in [5, 5.41) is 5.73. The van der Waals surface area contributed by atoms with Gasteiger partial charge in [0.2, 0.25) is 5.91 Å². The van der Waals surface area contributed by atoms with Crippen LogP contribution in [0.1, 0.15) is 45.1 Å². The maximum absolute atomic E-state index is 12.4. The van der Waals surface area contributed by atoms with Crippen molar-refractivity contribution in [2.45, 2.75) is 33.3 Å². The van der Waals surface area contributed by atoms with Crippen LogP contribution in [0.3, 0.4) is 0 Å². The van der Waals surface area contributed by atoms with E-state index in [0.717, 1.165) is 22.6 Å². The average molecular weight is 359 g/mol. The van der Waals surface area contributed by atoms with Gasteiger partial charge in [0, 0.05) is 11.3 Å². The zero-order chi connectivity index (χ0) is 18.1. The minimum atomic E-state index is -0.451. The molecule has 8 heteroatoms. The summed E-state index contributed by atoms with van der Waals surface area (Å²) in [6.07, 6.45) is 0.0348. The standard InChI is InChI=1S/C17H17N3O4S/c1-8(2)24-16(23)14-9(3)18-17(25-14)20-15(22)10-4-5-12-11(6-10)7-13(21)19-12/h4-6,8H,7H2,1-3H3,(H,19,21)(H,18,20,22). The van der Waals surface area contributed by atoms with Crippen molar-refractivity contribution in [2.24, 2.45) is 0 Å². The van der Waals surface area contributed by atoms with Gasteiger partial charge in [-0.15, -0.1) is 0 Å². The molecule has 1 aromatic carbocycles. The van der Waals surface area contributed by atoms with Crippen LogP contribution in [-0.2, 0) is 16.0 Å². The number of fused-ring (bicyclic) bond motifs is 1. The number of aryl methyl sites for hydroxylation is 1. The van der Waals surface area contributed by atoms with Gasteiger partial charge < -0.3 is 10.1 Å². The summed E-state index contributed by atoms with van der Waals surface area (Å²) in [6, 6.07) is 5.01. The molecule has 0 fully saturated rings. The number of carbonyl (C=O) groups is 3. The molecule has 2 heterocycles. The Hall–Kier alpha value is -2.74. The second-order valence-electron chi connectivity index (χ2n) is 5.94. The molecule has 2 N–H and O–H groups in total. The van der Waals surface area contributed by atoms with E-state index in [1.807, 2.05) is 0 Å². The summed E-state index contributed by atoms with van der Waals surface area (Å²) in [4.78, 5) is 40.4. The number of benzene rings is 1. The van der Waals surface area contributed by atoms with Crippen molar-refractivity contribution in [1.82, 2.24) is 4.98 Å². The number of hydrogen-bond acceptors (Lipinski definition) is 6. The van der Waals surface area contributed by atoms with E-state index in [0.29, 0.717) is 21.3 Å². The number of anilines is 2. The Labute approximate surface area is 148 Å². The highest BCUT2D eigenvalue weighted by molar-refractivity contribution is 7.17. The molecule has 0 aliphatic carbocycles. The predicted molar refractivity (Wildman–Crippen MR) is 94.1 cm³/mol. The number of nitrogens with zero attached hydrogens (tertiary/aromatic N) is 1. The maximum Gasteiger partial charge on any atom is 0.350 e. The van der Waals surface area contributed by atoms with E-state index < -0.39 is 5.97 Å². The summed E-state index contributed by atoms with van der Waals surface area (Å²) in [5.74, 6) is -0.885. The number of esters is 1. The summed E-state index contributed by atoms with van der Waals surface area (Å²) in [7, 11) is 0. The van der Waals surface area contributed by atoms with Crippen molar-refractivity contribution in [3.8, 4) is 0 Å². The van der Waals surface area contributed by atoms with Gasteiger partial charge in [-0.3, -0.25) is 14.9 Å².